The number of rotatable bonds is 2. The molecule has 4 heteroatoms. The largest absolute Gasteiger partial charge is 0.339 e. The molecule has 1 aliphatic rings. The topological polar surface area (TPSA) is 38.9 Å². The average molecular weight is 204 g/mol. The second-order valence-corrected chi connectivity index (χ2v) is 3.74. The Morgan fingerprint density at radius 3 is 2.93 bits per heavy atom. The summed E-state index contributed by atoms with van der Waals surface area (Å²) in [6, 6.07) is 6.20. The minimum atomic E-state index is -0.287. The zero-order valence-electron chi connectivity index (χ0n) is 7.98. The number of nitrogens with zero attached hydrogens (tertiary/aromatic N) is 2. The predicted octanol–water partition coefficient (Wildman–Crippen LogP) is 2.75. The molecule has 0 bridgehead atoms. The highest BCUT2D eigenvalue weighted by molar-refractivity contribution is 5.53. The molecule has 0 spiro atoms. The van der Waals surface area contributed by atoms with Crippen LogP contribution in [0.3, 0.4) is 0 Å². The van der Waals surface area contributed by atoms with E-state index in [9.17, 15) is 4.39 Å². The van der Waals surface area contributed by atoms with E-state index in [1.54, 1.807) is 12.1 Å². The lowest BCUT2D eigenvalue weighted by Crippen LogP contribution is -1.83. The third-order valence-electron chi connectivity index (χ3n) is 2.45. The maximum absolute atomic E-state index is 12.9. The molecule has 1 aromatic heterocycles. The van der Waals surface area contributed by atoms with Gasteiger partial charge in [-0.25, -0.2) is 4.39 Å². The summed E-state index contributed by atoms with van der Waals surface area (Å²) < 4.78 is 18.0. The molecule has 0 radical (unpaired) electrons. The van der Waals surface area contributed by atoms with Gasteiger partial charge in [-0.2, -0.15) is 4.98 Å². The van der Waals surface area contributed by atoms with Gasteiger partial charge < -0.3 is 4.52 Å². The fourth-order valence-electron chi connectivity index (χ4n) is 1.48. The zero-order chi connectivity index (χ0) is 10.3. The third-order valence-corrected chi connectivity index (χ3v) is 2.45. The molecule has 76 valence electrons. The number of hydrogen-bond donors (Lipinski definition) is 0. The highest BCUT2D eigenvalue weighted by atomic mass is 19.1. The maximum atomic E-state index is 12.9. The van der Waals surface area contributed by atoms with Crippen molar-refractivity contribution >= 4 is 0 Å². The zero-order valence-corrected chi connectivity index (χ0v) is 7.98. The van der Waals surface area contributed by atoms with Gasteiger partial charge in [0, 0.05) is 11.5 Å². The van der Waals surface area contributed by atoms with Crippen LogP contribution in [0.1, 0.15) is 24.7 Å². The SMILES string of the molecule is Fc1cccc(-c2noc(C3CC3)n2)c1. The number of halogens is 1. The lowest BCUT2D eigenvalue weighted by atomic mass is 10.2. The first-order chi connectivity index (χ1) is 7.33. The Hall–Kier alpha value is -1.71. The summed E-state index contributed by atoms with van der Waals surface area (Å²) in [6.07, 6.45) is 2.23. The van der Waals surface area contributed by atoms with E-state index >= 15 is 0 Å². The quantitative estimate of drug-likeness (QED) is 0.755. The van der Waals surface area contributed by atoms with E-state index in [4.69, 9.17) is 4.52 Å². The molecule has 1 aliphatic carbocycles. The number of aromatic nitrogens is 2. The lowest BCUT2D eigenvalue weighted by molar-refractivity contribution is 0.380. The molecule has 1 saturated carbocycles. The third kappa shape index (κ3) is 1.63. The van der Waals surface area contributed by atoms with Gasteiger partial charge in [-0.05, 0) is 25.0 Å². The molecule has 0 saturated heterocycles. The van der Waals surface area contributed by atoms with E-state index in [0.717, 1.165) is 12.8 Å². The summed E-state index contributed by atoms with van der Waals surface area (Å²) in [4.78, 5) is 4.24. The Morgan fingerprint density at radius 1 is 1.33 bits per heavy atom. The smallest absolute Gasteiger partial charge is 0.230 e. The van der Waals surface area contributed by atoms with E-state index < -0.39 is 0 Å². The molecule has 2 aromatic rings. The van der Waals surface area contributed by atoms with E-state index in [0.29, 0.717) is 23.2 Å². The standard InChI is InChI=1S/C11H9FN2O/c12-9-3-1-2-8(6-9)10-13-11(15-14-10)7-4-5-7/h1-3,6-7H,4-5H2. The van der Waals surface area contributed by atoms with Gasteiger partial charge in [0.15, 0.2) is 0 Å². The van der Waals surface area contributed by atoms with Crippen LogP contribution in [-0.4, -0.2) is 10.1 Å². The molecule has 3 rings (SSSR count). The van der Waals surface area contributed by atoms with E-state index in [-0.39, 0.29) is 5.82 Å². The molecule has 15 heavy (non-hydrogen) atoms. The average Bonchev–Trinajstić information content (AvgIpc) is 2.97. The van der Waals surface area contributed by atoms with Crippen LogP contribution in [0.15, 0.2) is 28.8 Å². The molecular weight excluding hydrogens is 195 g/mol. The highest BCUT2D eigenvalue weighted by Crippen LogP contribution is 2.39. The first-order valence-electron chi connectivity index (χ1n) is 4.92. The second-order valence-electron chi connectivity index (χ2n) is 3.74. The summed E-state index contributed by atoms with van der Waals surface area (Å²) in [5.74, 6) is 1.29. The normalized spacial score (nSPS) is 15.5. The van der Waals surface area contributed by atoms with Gasteiger partial charge in [0.2, 0.25) is 11.7 Å². The summed E-state index contributed by atoms with van der Waals surface area (Å²) in [6.45, 7) is 0. The molecular formula is C11H9FN2O. The van der Waals surface area contributed by atoms with Crippen molar-refractivity contribution < 1.29 is 8.91 Å². The van der Waals surface area contributed by atoms with Crippen LogP contribution in [0.4, 0.5) is 4.39 Å². The molecule has 0 atom stereocenters. The molecule has 3 nitrogen and oxygen atoms in total. The Bertz CT molecular complexity index is 491. The predicted molar refractivity (Wildman–Crippen MR) is 51.7 cm³/mol. The Labute approximate surface area is 85.9 Å². The van der Waals surface area contributed by atoms with Crippen molar-refractivity contribution in [3.8, 4) is 11.4 Å². The minimum absolute atomic E-state index is 0.287. The van der Waals surface area contributed by atoms with Crippen molar-refractivity contribution in [2.24, 2.45) is 0 Å². The van der Waals surface area contributed by atoms with Crippen molar-refractivity contribution in [3.63, 3.8) is 0 Å². The van der Waals surface area contributed by atoms with Crippen molar-refractivity contribution in [2.45, 2.75) is 18.8 Å². The summed E-state index contributed by atoms with van der Waals surface area (Å²) in [5, 5.41) is 3.84. The first-order valence-corrected chi connectivity index (χ1v) is 4.92. The first kappa shape index (κ1) is 8.59. The molecule has 1 heterocycles. The minimum Gasteiger partial charge on any atom is -0.339 e. The highest BCUT2D eigenvalue weighted by Gasteiger charge is 2.29. The van der Waals surface area contributed by atoms with Crippen molar-refractivity contribution in [1.29, 1.82) is 0 Å². The van der Waals surface area contributed by atoms with Gasteiger partial charge in [-0.1, -0.05) is 17.3 Å². The monoisotopic (exact) mass is 204 g/mol. The summed E-state index contributed by atoms with van der Waals surface area (Å²) in [7, 11) is 0. The van der Waals surface area contributed by atoms with Gasteiger partial charge in [-0.3, -0.25) is 0 Å². The fraction of sp³-hybridized carbons (Fsp3) is 0.273. The van der Waals surface area contributed by atoms with Crippen LogP contribution in [-0.2, 0) is 0 Å². The molecule has 1 fully saturated rings. The number of hydrogen-bond acceptors (Lipinski definition) is 3. The molecule has 1 aromatic carbocycles. The Morgan fingerprint density at radius 2 is 2.20 bits per heavy atom. The maximum Gasteiger partial charge on any atom is 0.230 e. The molecule has 0 N–H and O–H groups in total. The van der Waals surface area contributed by atoms with E-state index in [1.807, 2.05) is 0 Å². The van der Waals surface area contributed by atoms with Crippen LogP contribution >= 0.6 is 0 Å². The van der Waals surface area contributed by atoms with Gasteiger partial charge in [0.25, 0.3) is 0 Å². The van der Waals surface area contributed by atoms with Gasteiger partial charge in [0.05, 0.1) is 0 Å². The van der Waals surface area contributed by atoms with Crippen LogP contribution in [0.2, 0.25) is 0 Å². The summed E-state index contributed by atoms with van der Waals surface area (Å²) >= 11 is 0. The molecule has 0 aliphatic heterocycles. The van der Waals surface area contributed by atoms with Crippen molar-refractivity contribution in [1.82, 2.24) is 10.1 Å². The van der Waals surface area contributed by atoms with Crippen LogP contribution in [0, 0.1) is 5.82 Å². The van der Waals surface area contributed by atoms with Crippen LogP contribution in [0.25, 0.3) is 11.4 Å². The van der Waals surface area contributed by atoms with E-state index in [1.165, 1.54) is 12.1 Å². The van der Waals surface area contributed by atoms with E-state index in [2.05, 4.69) is 10.1 Å². The van der Waals surface area contributed by atoms with Crippen LogP contribution < -0.4 is 0 Å². The molecule has 0 amide bonds. The van der Waals surface area contributed by atoms with Gasteiger partial charge in [0.1, 0.15) is 5.82 Å². The van der Waals surface area contributed by atoms with Crippen molar-refractivity contribution in [3.05, 3.63) is 36.0 Å². The van der Waals surface area contributed by atoms with Crippen LogP contribution in [0.5, 0.6) is 0 Å². The second kappa shape index (κ2) is 3.15. The Balaban J connectivity index is 1.97. The van der Waals surface area contributed by atoms with Crippen molar-refractivity contribution in [2.75, 3.05) is 0 Å². The Kier molecular flexibility index (Phi) is 1.80. The fourth-order valence-corrected chi connectivity index (χ4v) is 1.48. The summed E-state index contributed by atoms with van der Waals surface area (Å²) in [5.41, 5.74) is 0.658. The van der Waals surface area contributed by atoms with Gasteiger partial charge in [-0.15, -0.1) is 0 Å². The number of benzene rings is 1. The lowest BCUT2D eigenvalue weighted by Gasteiger charge is -1.92. The molecule has 0 unspecified atom stereocenters. The van der Waals surface area contributed by atoms with Gasteiger partial charge >= 0.3 is 0 Å².